The topological polar surface area (TPSA) is 44.4 Å². The lowest BCUT2D eigenvalue weighted by molar-refractivity contribution is -0.121. The Hall–Kier alpha value is -0.320. The highest BCUT2D eigenvalue weighted by molar-refractivity contribution is 5.85. The maximum Gasteiger partial charge on any atom is 0.221 e. The molecule has 1 amide bonds. The molecule has 3 unspecified atom stereocenters. The highest BCUT2D eigenvalue weighted by Gasteiger charge is 2.41. The summed E-state index contributed by atoms with van der Waals surface area (Å²) in [5, 5.41) is 6.51. The lowest BCUT2D eigenvalue weighted by atomic mass is 9.88. The second-order valence-corrected chi connectivity index (χ2v) is 6.30. The van der Waals surface area contributed by atoms with Crippen molar-refractivity contribution in [2.24, 2.45) is 5.41 Å². The molecule has 104 valence electrons. The third-order valence-electron chi connectivity index (χ3n) is 4.75. The van der Waals surface area contributed by atoms with Gasteiger partial charge in [0.05, 0.1) is 0 Å². The van der Waals surface area contributed by atoms with Crippen LogP contribution in [-0.4, -0.2) is 49.1 Å². The van der Waals surface area contributed by atoms with E-state index >= 15 is 0 Å². The van der Waals surface area contributed by atoms with Gasteiger partial charge in [-0.2, -0.15) is 0 Å². The molecular weight excluding hydrogens is 250 g/mol. The van der Waals surface area contributed by atoms with Crippen LogP contribution in [-0.2, 0) is 4.79 Å². The largest absolute Gasteiger partial charge is 0.354 e. The maximum absolute atomic E-state index is 11.6. The van der Waals surface area contributed by atoms with Crippen molar-refractivity contribution in [1.29, 1.82) is 0 Å². The van der Waals surface area contributed by atoms with E-state index in [0.29, 0.717) is 23.9 Å². The molecule has 0 aromatic carbocycles. The fourth-order valence-electron chi connectivity index (χ4n) is 3.67. The van der Waals surface area contributed by atoms with Gasteiger partial charge in [-0.3, -0.25) is 9.69 Å². The molecule has 0 radical (unpaired) electrons. The standard InChI is InChI=1S/C13H23N3O.ClH/c1-13(4-5-14-8-13)9-16-10-2-3-11(16)7-15-12(17)6-10;/h10-11,14H,2-9H2,1H3,(H,15,17);1H. The Balaban J connectivity index is 0.00000120. The lowest BCUT2D eigenvalue weighted by Crippen LogP contribution is -2.45. The van der Waals surface area contributed by atoms with E-state index in [9.17, 15) is 4.79 Å². The van der Waals surface area contributed by atoms with Gasteiger partial charge in [-0.25, -0.2) is 0 Å². The van der Waals surface area contributed by atoms with E-state index in [0.717, 1.165) is 26.2 Å². The molecule has 3 rings (SSSR count). The van der Waals surface area contributed by atoms with E-state index < -0.39 is 0 Å². The summed E-state index contributed by atoms with van der Waals surface area (Å²) in [6, 6.07) is 1.09. The van der Waals surface area contributed by atoms with Gasteiger partial charge in [0.1, 0.15) is 0 Å². The van der Waals surface area contributed by atoms with Gasteiger partial charge < -0.3 is 10.6 Å². The highest BCUT2D eigenvalue weighted by Crippen LogP contribution is 2.34. The van der Waals surface area contributed by atoms with Crippen LogP contribution in [0.2, 0.25) is 0 Å². The van der Waals surface area contributed by atoms with Crippen LogP contribution >= 0.6 is 12.4 Å². The van der Waals surface area contributed by atoms with Gasteiger partial charge in [0.25, 0.3) is 0 Å². The van der Waals surface area contributed by atoms with Gasteiger partial charge in [-0.1, -0.05) is 6.92 Å². The Morgan fingerprint density at radius 3 is 2.89 bits per heavy atom. The van der Waals surface area contributed by atoms with Crippen molar-refractivity contribution in [2.45, 2.75) is 44.7 Å². The summed E-state index contributed by atoms with van der Waals surface area (Å²) in [5.74, 6) is 0.247. The Kier molecular flexibility index (Phi) is 4.19. The molecule has 0 aromatic heterocycles. The number of hydrogen-bond donors (Lipinski definition) is 2. The van der Waals surface area contributed by atoms with Crippen molar-refractivity contribution < 1.29 is 4.79 Å². The van der Waals surface area contributed by atoms with Crippen LogP contribution in [0.4, 0.5) is 0 Å². The molecule has 3 heterocycles. The Bertz CT molecular complexity index is 317. The monoisotopic (exact) mass is 273 g/mol. The highest BCUT2D eigenvalue weighted by atomic mass is 35.5. The van der Waals surface area contributed by atoms with Crippen LogP contribution in [0.5, 0.6) is 0 Å². The Labute approximate surface area is 115 Å². The molecule has 3 fully saturated rings. The summed E-state index contributed by atoms with van der Waals surface area (Å²) in [5.41, 5.74) is 0.411. The van der Waals surface area contributed by atoms with Crippen molar-refractivity contribution in [1.82, 2.24) is 15.5 Å². The zero-order chi connectivity index (χ0) is 11.9. The average molecular weight is 274 g/mol. The molecule has 0 spiro atoms. The number of carbonyl (C=O) groups excluding carboxylic acids is 1. The molecule has 5 heteroatoms. The van der Waals surface area contributed by atoms with E-state index in [1.807, 2.05) is 0 Å². The third-order valence-corrected chi connectivity index (χ3v) is 4.75. The minimum absolute atomic E-state index is 0. The zero-order valence-corrected chi connectivity index (χ0v) is 11.9. The first-order chi connectivity index (χ1) is 8.16. The van der Waals surface area contributed by atoms with Crippen molar-refractivity contribution in [2.75, 3.05) is 26.2 Å². The summed E-state index contributed by atoms with van der Waals surface area (Å²) < 4.78 is 0. The van der Waals surface area contributed by atoms with Gasteiger partial charge in [0, 0.05) is 38.1 Å². The van der Waals surface area contributed by atoms with Gasteiger partial charge in [-0.05, 0) is 31.2 Å². The van der Waals surface area contributed by atoms with Gasteiger partial charge in [-0.15, -0.1) is 12.4 Å². The fraction of sp³-hybridized carbons (Fsp3) is 0.923. The van der Waals surface area contributed by atoms with Crippen LogP contribution in [0.25, 0.3) is 0 Å². The molecule has 4 nitrogen and oxygen atoms in total. The smallest absolute Gasteiger partial charge is 0.221 e. The SMILES string of the molecule is CC1(CN2C3CCC2CC(=O)NC3)CCNC1.Cl. The quantitative estimate of drug-likeness (QED) is 0.781. The van der Waals surface area contributed by atoms with Gasteiger partial charge in [0.15, 0.2) is 0 Å². The van der Waals surface area contributed by atoms with Crippen LogP contribution in [0, 0.1) is 5.41 Å². The summed E-state index contributed by atoms with van der Waals surface area (Å²) in [6.07, 6.45) is 4.44. The molecule has 18 heavy (non-hydrogen) atoms. The number of nitrogens with zero attached hydrogens (tertiary/aromatic N) is 1. The molecule has 0 aromatic rings. The zero-order valence-electron chi connectivity index (χ0n) is 11.1. The predicted octanol–water partition coefficient (Wildman–Crippen LogP) is 0.761. The van der Waals surface area contributed by atoms with Crippen LogP contribution in [0.15, 0.2) is 0 Å². The van der Waals surface area contributed by atoms with Crippen molar-refractivity contribution in [3.8, 4) is 0 Å². The number of halogens is 1. The number of nitrogens with one attached hydrogen (secondary N) is 2. The fourth-order valence-corrected chi connectivity index (χ4v) is 3.67. The van der Waals surface area contributed by atoms with E-state index in [1.54, 1.807) is 0 Å². The number of carbonyl (C=O) groups is 1. The molecule has 3 saturated heterocycles. The number of amides is 1. The minimum Gasteiger partial charge on any atom is -0.354 e. The Morgan fingerprint density at radius 1 is 1.39 bits per heavy atom. The first-order valence-electron chi connectivity index (χ1n) is 6.89. The third kappa shape index (κ3) is 2.65. The van der Waals surface area contributed by atoms with Crippen LogP contribution in [0.1, 0.15) is 32.6 Å². The summed E-state index contributed by atoms with van der Waals surface area (Å²) in [6.45, 7) is 6.68. The molecule has 2 N–H and O–H groups in total. The lowest BCUT2D eigenvalue weighted by Gasteiger charge is -2.35. The summed E-state index contributed by atoms with van der Waals surface area (Å²) in [7, 11) is 0. The van der Waals surface area contributed by atoms with Crippen molar-refractivity contribution >= 4 is 18.3 Å². The van der Waals surface area contributed by atoms with Crippen LogP contribution < -0.4 is 10.6 Å². The average Bonchev–Trinajstić information content (AvgIpc) is 2.80. The normalized spacial score (nSPS) is 40.2. The molecule has 2 bridgehead atoms. The van der Waals surface area contributed by atoms with Gasteiger partial charge >= 0.3 is 0 Å². The van der Waals surface area contributed by atoms with Gasteiger partial charge in [0.2, 0.25) is 5.91 Å². The van der Waals surface area contributed by atoms with E-state index in [4.69, 9.17) is 0 Å². The molecule has 0 saturated carbocycles. The van der Waals surface area contributed by atoms with E-state index in [1.165, 1.54) is 19.3 Å². The molecule has 3 aliphatic heterocycles. The number of fused-ring (bicyclic) bond motifs is 2. The second kappa shape index (κ2) is 5.35. The van der Waals surface area contributed by atoms with E-state index in [-0.39, 0.29) is 18.3 Å². The minimum atomic E-state index is 0. The van der Waals surface area contributed by atoms with E-state index in [2.05, 4.69) is 22.5 Å². The first kappa shape index (κ1) is 14.1. The summed E-state index contributed by atoms with van der Waals surface area (Å²) in [4.78, 5) is 14.2. The van der Waals surface area contributed by atoms with Crippen LogP contribution in [0.3, 0.4) is 0 Å². The molecular formula is C13H24ClN3O. The van der Waals surface area contributed by atoms with Crippen molar-refractivity contribution in [3.63, 3.8) is 0 Å². The maximum atomic E-state index is 11.6. The number of rotatable bonds is 2. The van der Waals surface area contributed by atoms with Crippen molar-refractivity contribution in [3.05, 3.63) is 0 Å². The summed E-state index contributed by atoms with van der Waals surface area (Å²) >= 11 is 0. The molecule has 3 atom stereocenters. The molecule has 3 aliphatic rings. The molecule has 0 aliphatic carbocycles. The predicted molar refractivity (Wildman–Crippen MR) is 74.0 cm³/mol. The number of hydrogen-bond acceptors (Lipinski definition) is 3. The second-order valence-electron chi connectivity index (χ2n) is 6.30. The first-order valence-corrected chi connectivity index (χ1v) is 6.89. The Morgan fingerprint density at radius 2 is 2.17 bits per heavy atom.